The zero-order valence-corrected chi connectivity index (χ0v) is 13.4. The summed E-state index contributed by atoms with van der Waals surface area (Å²) in [4.78, 5) is 24.0. The highest BCUT2D eigenvalue weighted by Crippen LogP contribution is 2.19. The first-order valence-corrected chi connectivity index (χ1v) is 7.39. The number of amides is 1. The number of carbonyl (C=O) groups is 2. The molecule has 0 aliphatic carbocycles. The molecule has 2 N–H and O–H groups in total. The van der Waals surface area contributed by atoms with Crippen molar-refractivity contribution >= 4 is 11.9 Å². The van der Waals surface area contributed by atoms with Gasteiger partial charge in [0.2, 0.25) is 0 Å². The number of nitrogens with one attached hydrogen (secondary N) is 1. The number of aryl methyl sites for hydroxylation is 1. The molecule has 0 heterocycles. The normalized spacial score (nSPS) is 11.6. The van der Waals surface area contributed by atoms with Crippen LogP contribution in [0, 0.1) is 12.7 Å². The average molecular weight is 331 g/mol. The second-order valence-corrected chi connectivity index (χ2v) is 5.41. The van der Waals surface area contributed by atoms with E-state index in [1.165, 1.54) is 31.2 Å². The van der Waals surface area contributed by atoms with Gasteiger partial charge in [-0.05, 0) is 43.7 Å². The van der Waals surface area contributed by atoms with Crippen molar-refractivity contribution in [1.82, 2.24) is 5.32 Å². The van der Waals surface area contributed by atoms with Gasteiger partial charge in [-0.1, -0.05) is 23.8 Å². The number of phenolic OH excluding ortho intramolecular Hbond substituents is 1. The molecule has 126 valence electrons. The van der Waals surface area contributed by atoms with Crippen LogP contribution in [0.25, 0.3) is 0 Å². The van der Waals surface area contributed by atoms with Crippen molar-refractivity contribution in [3.05, 3.63) is 65.0 Å². The summed E-state index contributed by atoms with van der Waals surface area (Å²) in [5, 5.41) is 12.3. The Balaban J connectivity index is 1.92. The molecule has 24 heavy (non-hydrogen) atoms. The van der Waals surface area contributed by atoms with Gasteiger partial charge in [-0.2, -0.15) is 0 Å². The van der Waals surface area contributed by atoms with E-state index in [1.807, 2.05) is 0 Å². The minimum absolute atomic E-state index is 0.00758. The largest absolute Gasteiger partial charge is 0.507 e. The van der Waals surface area contributed by atoms with Crippen LogP contribution in [0.2, 0.25) is 0 Å². The number of hydrogen-bond acceptors (Lipinski definition) is 4. The zero-order chi connectivity index (χ0) is 17.7. The summed E-state index contributed by atoms with van der Waals surface area (Å²) in [7, 11) is 0. The van der Waals surface area contributed by atoms with Crippen molar-refractivity contribution in [2.45, 2.75) is 26.5 Å². The second-order valence-electron chi connectivity index (χ2n) is 5.41. The monoisotopic (exact) mass is 331 g/mol. The van der Waals surface area contributed by atoms with Gasteiger partial charge in [0.1, 0.15) is 17.1 Å². The van der Waals surface area contributed by atoms with Crippen LogP contribution in [-0.4, -0.2) is 23.1 Å². The Morgan fingerprint density at radius 2 is 1.88 bits per heavy atom. The molecule has 0 aromatic heterocycles. The minimum Gasteiger partial charge on any atom is -0.507 e. The summed E-state index contributed by atoms with van der Waals surface area (Å²) in [5.74, 6) is -1.82. The highest BCUT2D eigenvalue weighted by molar-refractivity contribution is 5.94. The molecule has 2 aromatic carbocycles. The van der Waals surface area contributed by atoms with Gasteiger partial charge in [-0.3, -0.25) is 4.79 Å². The maximum absolute atomic E-state index is 12.8. The fourth-order valence-electron chi connectivity index (χ4n) is 2.03. The Morgan fingerprint density at radius 3 is 2.54 bits per heavy atom. The SMILES string of the molecule is Cc1ccc(O)c(C(=O)OC(C)C(=O)NCc2ccc(F)cc2)c1. The fraction of sp³-hybridized carbons (Fsp3) is 0.222. The lowest BCUT2D eigenvalue weighted by Gasteiger charge is -2.14. The molecule has 0 aliphatic heterocycles. The zero-order valence-electron chi connectivity index (χ0n) is 13.4. The van der Waals surface area contributed by atoms with E-state index >= 15 is 0 Å². The third kappa shape index (κ3) is 4.55. The van der Waals surface area contributed by atoms with Crippen LogP contribution >= 0.6 is 0 Å². The summed E-state index contributed by atoms with van der Waals surface area (Å²) in [6.45, 7) is 3.40. The van der Waals surface area contributed by atoms with Gasteiger partial charge in [-0.25, -0.2) is 9.18 Å². The van der Waals surface area contributed by atoms with E-state index in [-0.39, 0.29) is 23.7 Å². The molecular formula is C18H18FNO4. The number of rotatable bonds is 5. The molecule has 0 bridgehead atoms. The molecule has 0 fully saturated rings. The maximum atomic E-state index is 12.8. The number of hydrogen-bond donors (Lipinski definition) is 2. The number of esters is 1. The summed E-state index contributed by atoms with van der Waals surface area (Å²) in [5.41, 5.74) is 1.51. The lowest BCUT2D eigenvalue weighted by atomic mass is 10.1. The number of phenols is 1. The van der Waals surface area contributed by atoms with E-state index in [4.69, 9.17) is 4.74 Å². The Bertz CT molecular complexity index is 743. The van der Waals surface area contributed by atoms with Gasteiger partial charge in [0.05, 0.1) is 0 Å². The molecular weight excluding hydrogens is 313 g/mol. The third-order valence-corrected chi connectivity index (χ3v) is 3.41. The highest BCUT2D eigenvalue weighted by Gasteiger charge is 2.20. The van der Waals surface area contributed by atoms with Crippen LogP contribution < -0.4 is 5.32 Å². The first-order chi connectivity index (χ1) is 11.4. The fourth-order valence-corrected chi connectivity index (χ4v) is 2.03. The van der Waals surface area contributed by atoms with Crippen LogP contribution in [0.5, 0.6) is 5.75 Å². The number of ether oxygens (including phenoxy) is 1. The molecule has 6 heteroatoms. The van der Waals surface area contributed by atoms with Crippen LogP contribution in [0.4, 0.5) is 4.39 Å². The molecule has 0 spiro atoms. The minimum atomic E-state index is -1.03. The van der Waals surface area contributed by atoms with Crippen molar-refractivity contribution in [2.24, 2.45) is 0 Å². The summed E-state index contributed by atoms with van der Waals surface area (Å²) in [6, 6.07) is 10.2. The van der Waals surface area contributed by atoms with Crippen molar-refractivity contribution in [2.75, 3.05) is 0 Å². The molecule has 2 aromatic rings. The Kier molecular flexibility index (Phi) is 5.52. The smallest absolute Gasteiger partial charge is 0.342 e. The van der Waals surface area contributed by atoms with Gasteiger partial charge in [-0.15, -0.1) is 0 Å². The van der Waals surface area contributed by atoms with E-state index in [2.05, 4.69) is 5.32 Å². The van der Waals surface area contributed by atoms with Crippen molar-refractivity contribution in [3.8, 4) is 5.75 Å². The van der Waals surface area contributed by atoms with Gasteiger partial charge in [0, 0.05) is 6.54 Å². The van der Waals surface area contributed by atoms with Gasteiger partial charge >= 0.3 is 5.97 Å². The number of benzene rings is 2. The van der Waals surface area contributed by atoms with Crippen LogP contribution in [0.15, 0.2) is 42.5 Å². The molecule has 5 nitrogen and oxygen atoms in total. The van der Waals surface area contributed by atoms with Crippen LogP contribution in [-0.2, 0) is 16.1 Å². The average Bonchev–Trinajstić information content (AvgIpc) is 2.56. The van der Waals surface area contributed by atoms with Crippen molar-refractivity contribution < 1.29 is 23.8 Å². The Labute approximate surface area is 139 Å². The highest BCUT2D eigenvalue weighted by atomic mass is 19.1. The molecule has 2 rings (SSSR count). The predicted molar refractivity (Wildman–Crippen MR) is 86.0 cm³/mol. The first kappa shape index (κ1) is 17.5. The Morgan fingerprint density at radius 1 is 1.21 bits per heavy atom. The van der Waals surface area contributed by atoms with Gasteiger partial charge in [0.25, 0.3) is 5.91 Å². The molecule has 0 saturated carbocycles. The summed E-state index contributed by atoms with van der Waals surface area (Å²) < 4.78 is 17.9. The molecule has 0 radical (unpaired) electrons. The van der Waals surface area contributed by atoms with E-state index in [0.717, 1.165) is 11.1 Å². The molecule has 1 atom stereocenters. The second kappa shape index (κ2) is 7.59. The molecule has 0 saturated heterocycles. The van der Waals surface area contributed by atoms with Crippen molar-refractivity contribution in [3.63, 3.8) is 0 Å². The van der Waals surface area contributed by atoms with Crippen LogP contribution in [0.1, 0.15) is 28.4 Å². The molecule has 0 aliphatic rings. The lowest BCUT2D eigenvalue weighted by molar-refractivity contribution is -0.129. The van der Waals surface area contributed by atoms with E-state index in [0.29, 0.717) is 0 Å². The number of aromatic hydroxyl groups is 1. The maximum Gasteiger partial charge on any atom is 0.342 e. The van der Waals surface area contributed by atoms with E-state index < -0.39 is 18.0 Å². The summed E-state index contributed by atoms with van der Waals surface area (Å²) in [6.07, 6.45) is -1.03. The van der Waals surface area contributed by atoms with Gasteiger partial charge < -0.3 is 15.2 Å². The predicted octanol–water partition coefficient (Wildman–Crippen LogP) is 2.70. The van der Waals surface area contributed by atoms with Crippen LogP contribution in [0.3, 0.4) is 0 Å². The quantitative estimate of drug-likeness (QED) is 0.826. The van der Waals surface area contributed by atoms with Gasteiger partial charge in [0.15, 0.2) is 6.10 Å². The topological polar surface area (TPSA) is 75.6 Å². The number of halogens is 1. The van der Waals surface area contributed by atoms with E-state index in [1.54, 1.807) is 25.1 Å². The molecule has 1 amide bonds. The van der Waals surface area contributed by atoms with E-state index in [9.17, 15) is 19.1 Å². The van der Waals surface area contributed by atoms with Crippen molar-refractivity contribution in [1.29, 1.82) is 0 Å². The Hall–Kier alpha value is -2.89. The lowest BCUT2D eigenvalue weighted by Crippen LogP contribution is -2.35. The third-order valence-electron chi connectivity index (χ3n) is 3.41. The standard InChI is InChI=1S/C18H18FNO4/c1-11-3-8-16(21)15(9-11)18(23)24-12(2)17(22)20-10-13-4-6-14(19)7-5-13/h3-9,12,21H,10H2,1-2H3,(H,20,22). The summed E-state index contributed by atoms with van der Waals surface area (Å²) >= 11 is 0. The number of carbonyl (C=O) groups excluding carboxylic acids is 2. The first-order valence-electron chi connectivity index (χ1n) is 7.39. The molecule has 1 unspecified atom stereocenters.